The molecule has 0 aromatic carbocycles. The highest BCUT2D eigenvalue weighted by Gasteiger charge is 2.25. The zero-order valence-corrected chi connectivity index (χ0v) is 9.80. The molecule has 0 spiro atoms. The molecule has 3 nitrogen and oxygen atoms in total. The third-order valence-electron chi connectivity index (χ3n) is 3.12. The van der Waals surface area contributed by atoms with E-state index in [0.29, 0.717) is 18.4 Å². The van der Waals surface area contributed by atoms with E-state index >= 15 is 0 Å². The van der Waals surface area contributed by atoms with Crippen LogP contribution in [-0.2, 0) is 4.79 Å². The number of amides is 1. The summed E-state index contributed by atoms with van der Waals surface area (Å²) >= 11 is 0. The molecular formula is C12H24N2O. The number of rotatable bonds is 7. The highest BCUT2D eigenvalue weighted by Crippen LogP contribution is 2.24. The standard InChI is InChI=1S/C12H24N2O/c1-2-3-4-5-6-12(15)14-9-10-7-11(13)8-10/h10-11H,2-9,13H2,1H3,(H,14,15). The van der Waals surface area contributed by atoms with E-state index in [1.807, 2.05) is 0 Å². The van der Waals surface area contributed by atoms with Gasteiger partial charge in [-0.1, -0.05) is 26.2 Å². The maximum Gasteiger partial charge on any atom is 0.220 e. The van der Waals surface area contributed by atoms with E-state index in [0.717, 1.165) is 25.8 Å². The molecule has 1 saturated carbocycles. The summed E-state index contributed by atoms with van der Waals surface area (Å²) in [6.07, 6.45) is 7.53. The van der Waals surface area contributed by atoms with E-state index in [9.17, 15) is 4.79 Å². The van der Waals surface area contributed by atoms with E-state index in [1.54, 1.807) is 0 Å². The van der Waals surface area contributed by atoms with Crippen LogP contribution in [0.25, 0.3) is 0 Å². The molecule has 0 atom stereocenters. The van der Waals surface area contributed by atoms with Crippen LogP contribution < -0.4 is 11.1 Å². The first-order valence-electron chi connectivity index (χ1n) is 6.24. The number of carbonyl (C=O) groups is 1. The second-order valence-corrected chi connectivity index (χ2v) is 4.71. The largest absolute Gasteiger partial charge is 0.356 e. The SMILES string of the molecule is CCCCCCC(=O)NCC1CC(N)C1. The van der Waals surface area contributed by atoms with Gasteiger partial charge in [0, 0.05) is 19.0 Å². The highest BCUT2D eigenvalue weighted by atomic mass is 16.1. The third kappa shape index (κ3) is 5.17. The molecule has 1 rings (SSSR count). The molecule has 0 unspecified atom stereocenters. The van der Waals surface area contributed by atoms with Gasteiger partial charge in [-0.15, -0.1) is 0 Å². The maximum absolute atomic E-state index is 11.4. The van der Waals surface area contributed by atoms with E-state index in [4.69, 9.17) is 5.73 Å². The summed E-state index contributed by atoms with van der Waals surface area (Å²) in [5.74, 6) is 0.853. The monoisotopic (exact) mass is 212 g/mol. The fourth-order valence-corrected chi connectivity index (χ4v) is 2.01. The molecule has 3 heteroatoms. The van der Waals surface area contributed by atoms with Gasteiger partial charge < -0.3 is 11.1 Å². The van der Waals surface area contributed by atoms with Crippen molar-refractivity contribution in [2.75, 3.05) is 6.54 Å². The smallest absolute Gasteiger partial charge is 0.220 e. The van der Waals surface area contributed by atoms with E-state index in [2.05, 4.69) is 12.2 Å². The highest BCUT2D eigenvalue weighted by molar-refractivity contribution is 5.75. The zero-order valence-electron chi connectivity index (χ0n) is 9.80. The minimum atomic E-state index is 0.214. The topological polar surface area (TPSA) is 55.1 Å². The minimum absolute atomic E-state index is 0.214. The van der Waals surface area contributed by atoms with Gasteiger partial charge in [0.15, 0.2) is 0 Å². The first-order valence-corrected chi connectivity index (χ1v) is 6.24. The van der Waals surface area contributed by atoms with Crippen LogP contribution in [0, 0.1) is 5.92 Å². The van der Waals surface area contributed by atoms with Crippen LogP contribution in [0.2, 0.25) is 0 Å². The molecule has 0 bridgehead atoms. The lowest BCUT2D eigenvalue weighted by Crippen LogP contribution is -2.42. The van der Waals surface area contributed by atoms with Crippen LogP contribution in [0.15, 0.2) is 0 Å². The van der Waals surface area contributed by atoms with Gasteiger partial charge in [0.2, 0.25) is 5.91 Å². The number of nitrogens with two attached hydrogens (primary N) is 1. The van der Waals surface area contributed by atoms with Gasteiger partial charge in [-0.25, -0.2) is 0 Å². The van der Waals surface area contributed by atoms with Gasteiger partial charge in [-0.3, -0.25) is 4.79 Å². The molecule has 0 heterocycles. The van der Waals surface area contributed by atoms with Crippen molar-refractivity contribution in [2.45, 2.75) is 57.9 Å². The Morgan fingerprint density at radius 2 is 2.07 bits per heavy atom. The second kappa shape index (κ2) is 6.83. The molecule has 1 aliphatic carbocycles. The average Bonchev–Trinajstić information content (AvgIpc) is 2.18. The quantitative estimate of drug-likeness (QED) is 0.632. The number of carbonyl (C=O) groups excluding carboxylic acids is 1. The van der Waals surface area contributed by atoms with Gasteiger partial charge in [-0.2, -0.15) is 0 Å². The number of hydrogen-bond donors (Lipinski definition) is 2. The van der Waals surface area contributed by atoms with Gasteiger partial charge in [0.1, 0.15) is 0 Å². The first-order chi connectivity index (χ1) is 7.22. The predicted molar refractivity (Wildman–Crippen MR) is 62.5 cm³/mol. The van der Waals surface area contributed by atoms with Gasteiger partial charge in [0.05, 0.1) is 0 Å². The van der Waals surface area contributed by atoms with E-state index < -0.39 is 0 Å². The lowest BCUT2D eigenvalue weighted by atomic mass is 9.81. The lowest BCUT2D eigenvalue weighted by Gasteiger charge is -2.32. The molecule has 3 N–H and O–H groups in total. The Bertz CT molecular complexity index is 188. The Labute approximate surface area is 92.8 Å². The van der Waals surface area contributed by atoms with Crippen LogP contribution in [0.3, 0.4) is 0 Å². The van der Waals surface area contributed by atoms with Crippen molar-refractivity contribution in [1.82, 2.24) is 5.32 Å². The Balaban J connectivity index is 1.90. The Hall–Kier alpha value is -0.570. The summed E-state index contributed by atoms with van der Waals surface area (Å²) < 4.78 is 0. The van der Waals surface area contributed by atoms with Crippen LogP contribution in [-0.4, -0.2) is 18.5 Å². The maximum atomic E-state index is 11.4. The Morgan fingerprint density at radius 1 is 1.33 bits per heavy atom. The fraction of sp³-hybridized carbons (Fsp3) is 0.917. The summed E-state index contributed by atoms with van der Waals surface area (Å²) in [7, 11) is 0. The van der Waals surface area contributed by atoms with Crippen molar-refractivity contribution in [3.63, 3.8) is 0 Å². The molecule has 1 aliphatic rings. The van der Waals surface area contributed by atoms with E-state index in [1.165, 1.54) is 19.3 Å². The number of hydrogen-bond acceptors (Lipinski definition) is 2. The second-order valence-electron chi connectivity index (χ2n) is 4.71. The summed E-state index contributed by atoms with van der Waals surface area (Å²) in [5, 5.41) is 2.99. The Morgan fingerprint density at radius 3 is 2.67 bits per heavy atom. The summed E-state index contributed by atoms with van der Waals surface area (Å²) in [5.41, 5.74) is 5.68. The lowest BCUT2D eigenvalue weighted by molar-refractivity contribution is -0.121. The summed E-state index contributed by atoms with van der Waals surface area (Å²) in [6.45, 7) is 3.01. The fourth-order valence-electron chi connectivity index (χ4n) is 2.01. The minimum Gasteiger partial charge on any atom is -0.356 e. The molecule has 1 amide bonds. The van der Waals surface area contributed by atoms with Crippen LogP contribution in [0.5, 0.6) is 0 Å². The van der Waals surface area contributed by atoms with Crippen molar-refractivity contribution >= 4 is 5.91 Å². The molecule has 0 aromatic heterocycles. The van der Waals surface area contributed by atoms with Gasteiger partial charge >= 0.3 is 0 Å². The molecule has 0 aromatic rings. The molecule has 1 fully saturated rings. The van der Waals surface area contributed by atoms with Crippen molar-refractivity contribution in [3.05, 3.63) is 0 Å². The van der Waals surface area contributed by atoms with Crippen molar-refractivity contribution in [1.29, 1.82) is 0 Å². The summed E-state index contributed by atoms with van der Waals surface area (Å²) in [6, 6.07) is 0.386. The molecule has 0 radical (unpaired) electrons. The number of unbranched alkanes of at least 4 members (excludes halogenated alkanes) is 3. The van der Waals surface area contributed by atoms with Crippen molar-refractivity contribution in [2.24, 2.45) is 11.7 Å². The molecule has 0 aliphatic heterocycles. The molecule has 0 saturated heterocycles. The molecule has 15 heavy (non-hydrogen) atoms. The van der Waals surface area contributed by atoms with Crippen LogP contribution >= 0.6 is 0 Å². The number of nitrogens with one attached hydrogen (secondary N) is 1. The van der Waals surface area contributed by atoms with Crippen molar-refractivity contribution < 1.29 is 4.79 Å². The van der Waals surface area contributed by atoms with Crippen molar-refractivity contribution in [3.8, 4) is 0 Å². The normalized spacial score (nSPS) is 24.7. The van der Waals surface area contributed by atoms with Gasteiger partial charge in [0.25, 0.3) is 0 Å². The predicted octanol–water partition coefficient (Wildman–Crippen LogP) is 1.81. The average molecular weight is 212 g/mol. The molecular weight excluding hydrogens is 188 g/mol. The zero-order chi connectivity index (χ0) is 11.1. The van der Waals surface area contributed by atoms with Crippen LogP contribution in [0.1, 0.15) is 51.9 Å². The Kier molecular flexibility index (Phi) is 5.69. The van der Waals surface area contributed by atoms with Gasteiger partial charge in [-0.05, 0) is 25.2 Å². The summed E-state index contributed by atoms with van der Waals surface area (Å²) in [4.78, 5) is 11.4. The molecule has 88 valence electrons. The van der Waals surface area contributed by atoms with E-state index in [-0.39, 0.29) is 5.91 Å². The third-order valence-corrected chi connectivity index (χ3v) is 3.12. The van der Waals surface area contributed by atoms with Crippen LogP contribution in [0.4, 0.5) is 0 Å². The first kappa shape index (κ1) is 12.5.